The van der Waals surface area contributed by atoms with E-state index in [0.29, 0.717) is 6.54 Å². The smallest absolute Gasteiger partial charge is 0.407 e. The Morgan fingerprint density at radius 1 is 1.26 bits per heavy atom. The highest BCUT2D eigenvalue weighted by Gasteiger charge is 2.15. The molecule has 0 fully saturated rings. The quantitative estimate of drug-likeness (QED) is 0.754. The van der Waals surface area contributed by atoms with Crippen LogP contribution in [0.5, 0.6) is 0 Å². The molecule has 4 heteroatoms. The minimum Gasteiger partial charge on any atom is -0.444 e. The number of rotatable bonds is 7. The maximum atomic E-state index is 11.4. The molecule has 1 amide bonds. The van der Waals surface area contributed by atoms with E-state index in [0.717, 1.165) is 12.8 Å². The standard InChI is InChI=1S/C15H25NO2S/c1-15(2,3)18-14(17)16-11-7-5-4-6-9-13-10-8-12-19-13/h8,10,12H,4-7,9,11H2,1-3H3,(H,16,17). The Kier molecular flexibility index (Phi) is 6.92. The second-order valence-corrected chi connectivity index (χ2v) is 6.70. The Morgan fingerprint density at radius 2 is 2.00 bits per heavy atom. The van der Waals surface area contributed by atoms with Crippen molar-refractivity contribution in [2.45, 2.75) is 58.5 Å². The minimum atomic E-state index is -0.412. The Labute approximate surface area is 120 Å². The first kappa shape index (κ1) is 16.0. The summed E-state index contributed by atoms with van der Waals surface area (Å²) in [5.41, 5.74) is -0.412. The summed E-state index contributed by atoms with van der Waals surface area (Å²) in [6.07, 6.45) is 5.48. The molecule has 0 spiro atoms. The molecule has 1 aromatic rings. The summed E-state index contributed by atoms with van der Waals surface area (Å²) in [6.45, 7) is 6.32. The van der Waals surface area contributed by atoms with Gasteiger partial charge in [0.1, 0.15) is 5.60 Å². The van der Waals surface area contributed by atoms with Crippen molar-refractivity contribution in [1.82, 2.24) is 5.32 Å². The van der Waals surface area contributed by atoms with Crippen LogP contribution in [0, 0.1) is 0 Å². The van der Waals surface area contributed by atoms with Gasteiger partial charge in [-0.2, -0.15) is 0 Å². The van der Waals surface area contributed by atoms with Crippen molar-refractivity contribution in [3.63, 3.8) is 0 Å². The second kappa shape index (κ2) is 8.20. The molecule has 0 aliphatic carbocycles. The highest BCUT2D eigenvalue weighted by Crippen LogP contribution is 2.13. The van der Waals surface area contributed by atoms with Crippen LogP contribution < -0.4 is 5.32 Å². The lowest BCUT2D eigenvalue weighted by molar-refractivity contribution is 0.0527. The van der Waals surface area contributed by atoms with E-state index in [-0.39, 0.29) is 6.09 Å². The molecule has 0 unspecified atom stereocenters. The average Bonchev–Trinajstić information content (AvgIpc) is 2.78. The summed E-state index contributed by atoms with van der Waals surface area (Å²) in [5.74, 6) is 0. The maximum Gasteiger partial charge on any atom is 0.407 e. The van der Waals surface area contributed by atoms with E-state index in [1.165, 1.54) is 24.1 Å². The minimum absolute atomic E-state index is 0.314. The van der Waals surface area contributed by atoms with Crippen molar-refractivity contribution in [1.29, 1.82) is 0 Å². The van der Waals surface area contributed by atoms with Gasteiger partial charge in [0.05, 0.1) is 0 Å². The molecule has 0 aliphatic heterocycles. The van der Waals surface area contributed by atoms with Gasteiger partial charge in [0.2, 0.25) is 0 Å². The van der Waals surface area contributed by atoms with Crippen molar-refractivity contribution in [3.8, 4) is 0 Å². The van der Waals surface area contributed by atoms with E-state index >= 15 is 0 Å². The Hall–Kier alpha value is -1.03. The molecular formula is C15H25NO2S. The van der Waals surface area contributed by atoms with Crippen LogP contribution in [0.15, 0.2) is 17.5 Å². The van der Waals surface area contributed by atoms with E-state index in [4.69, 9.17) is 4.74 Å². The van der Waals surface area contributed by atoms with Crippen molar-refractivity contribution in [2.24, 2.45) is 0 Å². The molecule has 0 bridgehead atoms. The molecule has 19 heavy (non-hydrogen) atoms. The molecule has 1 heterocycles. The molecule has 108 valence electrons. The number of ether oxygens (including phenoxy) is 1. The second-order valence-electron chi connectivity index (χ2n) is 5.67. The third kappa shape index (κ3) is 8.65. The zero-order valence-corrected chi connectivity index (χ0v) is 13.0. The Morgan fingerprint density at radius 3 is 2.63 bits per heavy atom. The molecule has 0 atom stereocenters. The fourth-order valence-corrected chi connectivity index (χ4v) is 2.49. The van der Waals surface area contributed by atoms with Crippen LogP contribution in [0.4, 0.5) is 4.79 Å². The zero-order chi connectivity index (χ0) is 14.1. The number of unbranched alkanes of at least 4 members (excludes halogenated alkanes) is 3. The number of carbonyl (C=O) groups excluding carboxylic acids is 1. The molecule has 1 N–H and O–H groups in total. The zero-order valence-electron chi connectivity index (χ0n) is 12.2. The van der Waals surface area contributed by atoms with Gasteiger partial charge in [-0.3, -0.25) is 0 Å². The van der Waals surface area contributed by atoms with Crippen LogP contribution in [-0.4, -0.2) is 18.2 Å². The number of thiophene rings is 1. The molecular weight excluding hydrogens is 258 g/mol. The van der Waals surface area contributed by atoms with Gasteiger partial charge in [0.25, 0.3) is 0 Å². The van der Waals surface area contributed by atoms with E-state index in [1.54, 1.807) is 0 Å². The van der Waals surface area contributed by atoms with Gasteiger partial charge >= 0.3 is 6.09 Å². The third-order valence-corrected chi connectivity index (χ3v) is 3.53. The third-order valence-electron chi connectivity index (χ3n) is 2.60. The molecule has 1 rings (SSSR count). The molecule has 0 saturated heterocycles. The molecule has 0 radical (unpaired) electrons. The lowest BCUT2D eigenvalue weighted by Crippen LogP contribution is -2.32. The van der Waals surface area contributed by atoms with Gasteiger partial charge in [0.15, 0.2) is 0 Å². The number of amides is 1. The average molecular weight is 283 g/mol. The van der Waals surface area contributed by atoms with Crippen LogP contribution in [0.3, 0.4) is 0 Å². The van der Waals surface area contributed by atoms with Gasteiger partial charge in [-0.1, -0.05) is 18.9 Å². The van der Waals surface area contributed by atoms with E-state index in [9.17, 15) is 4.79 Å². The predicted molar refractivity (Wildman–Crippen MR) is 80.7 cm³/mol. The topological polar surface area (TPSA) is 38.3 Å². The van der Waals surface area contributed by atoms with Crippen LogP contribution >= 0.6 is 11.3 Å². The molecule has 0 aromatic carbocycles. The number of hydrogen-bond acceptors (Lipinski definition) is 3. The van der Waals surface area contributed by atoms with Gasteiger partial charge in [0, 0.05) is 11.4 Å². The molecule has 0 aliphatic rings. The van der Waals surface area contributed by atoms with Crippen molar-refractivity contribution >= 4 is 17.4 Å². The SMILES string of the molecule is CC(C)(C)OC(=O)NCCCCCCc1cccs1. The fourth-order valence-electron chi connectivity index (χ4n) is 1.74. The molecule has 1 aromatic heterocycles. The summed E-state index contributed by atoms with van der Waals surface area (Å²) in [5, 5.41) is 4.91. The fraction of sp³-hybridized carbons (Fsp3) is 0.667. The van der Waals surface area contributed by atoms with E-state index in [2.05, 4.69) is 22.8 Å². The lowest BCUT2D eigenvalue weighted by atomic mass is 10.1. The summed E-state index contributed by atoms with van der Waals surface area (Å²) in [7, 11) is 0. The van der Waals surface area contributed by atoms with Crippen molar-refractivity contribution in [2.75, 3.05) is 6.54 Å². The monoisotopic (exact) mass is 283 g/mol. The van der Waals surface area contributed by atoms with Gasteiger partial charge < -0.3 is 10.1 Å². The number of carbonyl (C=O) groups is 1. The van der Waals surface area contributed by atoms with Crippen LogP contribution in [-0.2, 0) is 11.2 Å². The van der Waals surface area contributed by atoms with E-state index < -0.39 is 5.60 Å². The highest BCUT2D eigenvalue weighted by molar-refractivity contribution is 7.09. The van der Waals surface area contributed by atoms with Crippen LogP contribution in [0.25, 0.3) is 0 Å². The highest BCUT2D eigenvalue weighted by atomic mass is 32.1. The number of nitrogens with one attached hydrogen (secondary N) is 1. The number of aryl methyl sites for hydroxylation is 1. The normalized spacial score (nSPS) is 11.3. The van der Waals surface area contributed by atoms with Crippen molar-refractivity contribution < 1.29 is 9.53 Å². The first-order chi connectivity index (χ1) is 8.97. The first-order valence-corrected chi connectivity index (χ1v) is 7.84. The van der Waals surface area contributed by atoms with Gasteiger partial charge in [-0.05, 0) is 51.5 Å². The summed E-state index contributed by atoms with van der Waals surface area (Å²) in [4.78, 5) is 12.8. The van der Waals surface area contributed by atoms with Crippen molar-refractivity contribution in [3.05, 3.63) is 22.4 Å². The molecule has 3 nitrogen and oxygen atoms in total. The largest absolute Gasteiger partial charge is 0.444 e. The van der Waals surface area contributed by atoms with Gasteiger partial charge in [-0.25, -0.2) is 4.79 Å². The first-order valence-electron chi connectivity index (χ1n) is 6.96. The maximum absolute atomic E-state index is 11.4. The van der Waals surface area contributed by atoms with Crippen LogP contribution in [0.2, 0.25) is 0 Å². The van der Waals surface area contributed by atoms with Crippen LogP contribution in [0.1, 0.15) is 51.3 Å². The number of alkyl carbamates (subject to hydrolysis) is 1. The van der Waals surface area contributed by atoms with E-state index in [1.807, 2.05) is 32.1 Å². The number of hydrogen-bond donors (Lipinski definition) is 1. The summed E-state index contributed by atoms with van der Waals surface area (Å²) >= 11 is 1.83. The predicted octanol–water partition coefficient (Wildman–Crippen LogP) is 4.38. The Balaban J connectivity index is 1.92. The summed E-state index contributed by atoms with van der Waals surface area (Å²) < 4.78 is 5.17. The van der Waals surface area contributed by atoms with Gasteiger partial charge in [-0.15, -0.1) is 11.3 Å². The Bertz CT molecular complexity index is 355. The lowest BCUT2D eigenvalue weighted by Gasteiger charge is -2.19. The molecule has 0 saturated carbocycles. The summed E-state index contributed by atoms with van der Waals surface area (Å²) in [6, 6.07) is 4.29.